The van der Waals surface area contributed by atoms with Crippen LogP contribution in [0.4, 0.5) is 19.0 Å². The minimum atomic E-state index is -4.44. The van der Waals surface area contributed by atoms with Gasteiger partial charge >= 0.3 is 6.18 Å². The van der Waals surface area contributed by atoms with E-state index in [-0.39, 0.29) is 12.4 Å². The van der Waals surface area contributed by atoms with Crippen molar-refractivity contribution in [1.82, 2.24) is 4.98 Å². The van der Waals surface area contributed by atoms with Gasteiger partial charge in [-0.3, -0.25) is 5.43 Å². The van der Waals surface area contributed by atoms with E-state index in [0.29, 0.717) is 33.7 Å². The Hall–Kier alpha value is -2.97. The van der Waals surface area contributed by atoms with Crippen LogP contribution in [0.1, 0.15) is 23.6 Å². The smallest absolute Gasteiger partial charge is 0.417 e. The van der Waals surface area contributed by atoms with Crippen LogP contribution in [0.2, 0.25) is 10.0 Å². The molecular weight excluding hydrogens is 466 g/mol. The average Bonchev–Trinajstić information content (AvgIpc) is 2.74. The van der Waals surface area contributed by atoms with Gasteiger partial charge in [0.05, 0.1) is 18.4 Å². The van der Waals surface area contributed by atoms with Crippen LogP contribution in [0.25, 0.3) is 0 Å². The van der Waals surface area contributed by atoms with Gasteiger partial charge in [0.1, 0.15) is 12.4 Å². The molecule has 0 unspecified atom stereocenters. The molecule has 3 aromatic rings. The van der Waals surface area contributed by atoms with Gasteiger partial charge in [-0.2, -0.15) is 18.3 Å². The number of aromatic nitrogens is 1. The standard InChI is InChI=1S/C22H18Cl2F3N3O2/c1-2-31-20-9-14(11-29-30-21-8-5-16(12-28-21)22(25,26)27)3-7-19(20)32-13-15-4-6-17(23)10-18(15)24/h3-12H,2,13H2,1H3,(H,28,30)/b29-11-. The minimum Gasteiger partial charge on any atom is -0.490 e. The number of rotatable bonds is 8. The molecule has 32 heavy (non-hydrogen) atoms. The molecule has 1 aromatic heterocycles. The van der Waals surface area contributed by atoms with Crippen LogP contribution < -0.4 is 14.9 Å². The lowest BCUT2D eigenvalue weighted by Crippen LogP contribution is -2.05. The highest BCUT2D eigenvalue weighted by Crippen LogP contribution is 2.31. The van der Waals surface area contributed by atoms with Crippen molar-refractivity contribution in [3.05, 3.63) is 81.5 Å². The molecule has 0 aliphatic rings. The SMILES string of the molecule is CCOc1cc(/C=N\Nc2ccc(C(F)(F)F)cn2)ccc1OCc1ccc(Cl)cc1Cl. The van der Waals surface area contributed by atoms with Crippen LogP contribution in [-0.4, -0.2) is 17.8 Å². The molecule has 0 spiro atoms. The lowest BCUT2D eigenvalue weighted by molar-refractivity contribution is -0.137. The van der Waals surface area contributed by atoms with Gasteiger partial charge in [0.25, 0.3) is 0 Å². The van der Waals surface area contributed by atoms with Crippen molar-refractivity contribution in [2.75, 3.05) is 12.0 Å². The predicted octanol–water partition coefficient (Wildman–Crippen LogP) is 6.83. The van der Waals surface area contributed by atoms with Gasteiger partial charge in [0.2, 0.25) is 0 Å². The lowest BCUT2D eigenvalue weighted by atomic mass is 10.2. The predicted molar refractivity (Wildman–Crippen MR) is 119 cm³/mol. The first-order valence-corrected chi connectivity index (χ1v) is 10.2. The number of hydrogen-bond donors (Lipinski definition) is 1. The molecule has 0 aliphatic heterocycles. The molecule has 0 atom stereocenters. The van der Waals surface area contributed by atoms with E-state index in [1.807, 2.05) is 6.92 Å². The third kappa shape index (κ3) is 6.51. The third-order valence-corrected chi connectivity index (χ3v) is 4.74. The highest BCUT2D eigenvalue weighted by atomic mass is 35.5. The van der Waals surface area contributed by atoms with E-state index < -0.39 is 11.7 Å². The summed E-state index contributed by atoms with van der Waals surface area (Å²) in [6, 6.07) is 12.5. The Balaban J connectivity index is 1.66. The zero-order valence-electron chi connectivity index (χ0n) is 16.8. The van der Waals surface area contributed by atoms with Crippen LogP contribution >= 0.6 is 23.2 Å². The maximum atomic E-state index is 12.6. The Morgan fingerprint density at radius 2 is 1.84 bits per heavy atom. The zero-order valence-corrected chi connectivity index (χ0v) is 18.3. The van der Waals surface area contributed by atoms with Gasteiger partial charge in [0.15, 0.2) is 11.5 Å². The number of nitrogens with one attached hydrogen (secondary N) is 1. The topological polar surface area (TPSA) is 55.7 Å². The fourth-order valence-electron chi connectivity index (χ4n) is 2.59. The molecule has 0 saturated carbocycles. The quantitative estimate of drug-likeness (QED) is 0.281. The number of anilines is 1. The molecule has 2 aromatic carbocycles. The molecule has 1 N–H and O–H groups in total. The fraction of sp³-hybridized carbons (Fsp3) is 0.182. The molecule has 0 aliphatic carbocycles. The summed E-state index contributed by atoms with van der Waals surface area (Å²) in [4.78, 5) is 3.69. The van der Waals surface area contributed by atoms with Crippen molar-refractivity contribution >= 4 is 35.2 Å². The fourth-order valence-corrected chi connectivity index (χ4v) is 3.05. The van der Waals surface area contributed by atoms with Gasteiger partial charge in [-0.25, -0.2) is 4.98 Å². The Bertz CT molecular complexity index is 1090. The number of hydrogen-bond acceptors (Lipinski definition) is 5. The largest absolute Gasteiger partial charge is 0.490 e. The third-order valence-electron chi connectivity index (χ3n) is 4.15. The molecular formula is C22H18Cl2F3N3O2. The molecule has 0 radical (unpaired) electrons. The van der Waals surface area contributed by atoms with Gasteiger partial charge < -0.3 is 9.47 Å². The number of hydrazone groups is 1. The maximum Gasteiger partial charge on any atom is 0.417 e. The molecule has 168 valence electrons. The zero-order chi connectivity index (χ0) is 23.1. The highest BCUT2D eigenvalue weighted by molar-refractivity contribution is 6.35. The Morgan fingerprint density at radius 3 is 2.50 bits per heavy atom. The van der Waals surface area contributed by atoms with E-state index >= 15 is 0 Å². The molecule has 0 saturated heterocycles. The summed E-state index contributed by atoms with van der Waals surface area (Å²) in [5.41, 5.74) is 3.22. The van der Waals surface area contributed by atoms with Gasteiger partial charge in [-0.05, 0) is 55.0 Å². The van der Waals surface area contributed by atoms with Crippen LogP contribution in [0, 0.1) is 0 Å². The first-order chi connectivity index (χ1) is 15.3. The van der Waals surface area contributed by atoms with E-state index in [1.54, 1.807) is 36.4 Å². The van der Waals surface area contributed by atoms with Crippen molar-refractivity contribution in [3.8, 4) is 11.5 Å². The van der Waals surface area contributed by atoms with Gasteiger partial charge in [-0.1, -0.05) is 29.3 Å². The normalized spacial score (nSPS) is 11.6. The molecule has 10 heteroatoms. The summed E-state index contributed by atoms with van der Waals surface area (Å²) >= 11 is 12.1. The second kappa shape index (κ2) is 10.6. The van der Waals surface area contributed by atoms with Crippen molar-refractivity contribution in [2.24, 2.45) is 5.10 Å². The van der Waals surface area contributed by atoms with Crippen LogP contribution in [-0.2, 0) is 12.8 Å². The molecule has 5 nitrogen and oxygen atoms in total. The molecule has 0 fully saturated rings. The summed E-state index contributed by atoms with van der Waals surface area (Å²) in [6.07, 6.45) is -2.21. The second-order valence-electron chi connectivity index (χ2n) is 6.46. The van der Waals surface area contributed by atoms with Gasteiger partial charge in [0, 0.05) is 21.8 Å². The maximum absolute atomic E-state index is 12.6. The molecule has 0 amide bonds. The summed E-state index contributed by atoms with van der Waals surface area (Å²) in [5, 5.41) is 5.04. The van der Waals surface area contributed by atoms with E-state index in [0.717, 1.165) is 17.8 Å². The van der Waals surface area contributed by atoms with E-state index in [2.05, 4.69) is 15.5 Å². The first kappa shape index (κ1) is 23.7. The average molecular weight is 484 g/mol. The summed E-state index contributed by atoms with van der Waals surface area (Å²) in [6.45, 7) is 2.50. The van der Waals surface area contributed by atoms with Crippen LogP contribution in [0.15, 0.2) is 59.8 Å². The van der Waals surface area contributed by atoms with Crippen molar-refractivity contribution in [2.45, 2.75) is 19.7 Å². The molecule has 3 rings (SSSR count). The van der Waals surface area contributed by atoms with E-state index in [4.69, 9.17) is 32.7 Å². The first-order valence-electron chi connectivity index (χ1n) is 9.42. The minimum absolute atomic E-state index is 0.180. The Kier molecular flexibility index (Phi) is 7.82. The monoisotopic (exact) mass is 483 g/mol. The van der Waals surface area contributed by atoms with Gasteiger partial charge in [-0.15, -0.1) is 0 Å². The number of halogens is 5. The second-order valence-corrected chi connectivity index (χ2v) is 7.31. The number of nitrogens with zero attached hydrogens (tertiary/aromatic N) is 2. The Morgan fingerprint density at radius 1 is 1.03 bits per heavy atom. The van der Waals surface area contributed by atoms with E-state index in [1.165, 1.54) is 12.3 Å². The van der Waals surface area contributed by atoms with E-state index in [9.17, 15) is 13.2 Å². The molecule has 1 heterocycles. The number of benzene rings is 2. The number of ether oxygens (including phenoxy) is 2. The summed E-state index contributed by atoms with van der Waals surface area (Å²) in [7, 11) is 0. The Labute approximate surface area is 192 Å². The van der Waals surface area contributed by atoms with Crippen molar-refractivity contribution in [1.29, 1.82) is 0 Å². The number of alkyl halides is 3. The lowest BCUT2D eigenvalue weighted by Gasteiger charge is -2.13. The summed E-state index contributed by atoms with van der Waals surface area (Å²) in [5.74, 6) is 1.21. The van der Waals surface area contributed by atoms with Crippen molar-refractivity contribution in [3.63, 3.8) is 0 Å². The highest BCUT2D eigenvalue weighted by Gasteiger charge is 2.30. The van der Waals surface area contributed by atoms with Crippen LogP contribution in [0.3, 0.4) is 0 Å². The molecule has 0 bridgehead atoms. The summed E-state index contributed by atoms with van der Waals surface area (Å²) < 4.78 is 49.3. The van der Waals surface area contributed by atoms with Crippen LogP contribution in [0.5, 0.6) is 11.5 Å². The van der Waals surface area contributed by atoms with Crippen molar-refractivity contribution < 1.29 is 22.6 Å². The number of pyridine rings is 1.